The van der Waals surface area contributed by atoms with Crippen LogP contribution in [0.5, 0.6) is 0 Å². The van der Waals surface area contributed by atoms with Gasteiger partial charge in [-0.2, -0.15) is 0 Å². The van der Waals surface area contributed by atoms with Crippen molar-refractivity contribution in [3.8, 4) is 0 Å². The smallest absolute Gasteiger partial charge is 0.191 e. The molecule has 17 heavy (non-hydrogen) atoms. The number of nitrogens with zero attached hydrogens (tertiary/aromatic N) is 2. The minimum Gasteiger partial charge on any atom is -0.357 e. The third kappa shape index (κ3) is 3.87. The molecular formula is C13H26N4. The second-order valence-corrected chi connectivity index (χ2v) is 5.13. The Bertz CT molecular complexity index is 252. The molecule has 2 aliphatic rings. The van der Waals surface area contributed by atoms with Crippen LogP contribution in [0.3, 0.4) is 0 Å². The lowest BCUT2D eigenvalue weighted by atomic mass is 10.1. The van der Waals surface area contributed by atoms with Gasteiger partial charge in [-0.05, 0) is 45.6 Å². The molecule has 1 saturated heterocycles. The summed E-state index contributed by atoms with van der Waals surface area (Å²) in [6.45, 7) is 9.62. The number of guanidine groups is 1. The highest BCUT2D eigenvalue weighted by Crippen LogP contribution is 2.31. The number of likely N-dealkylation sites (tertiary alicyclic amines) is 1. The van der Waals surface area contributed by atoms with Gasteiger partial charge < -0.3 is 15.5 Å². The van der Waals surface area contributed by atoms with Gasteiger partial charge in [0.25, 0.3) is 0 Å². The van der Waals surface area contributed by atoms with Gasteiger partial charge in [-0.25, -0.2) is 0 Å². The molecule has 4 heteroatoms. The molecule has 98 valence electrons. The number of aliphatic imine (C=N–C) groups is 1. The molecule has 0 aromatic carbocycles. The van der Waals surface area contributed by atoms with Gasteiger partial charge in [-0.3, -0.25) is 4.99 Å². The molecule has 0 radical (unpaired) electrons. The Labute approximate surface area is 105 Å². The summed E-state index contributed by atoms with van der Waals surface area (Å²) >= 11 is 0. The van der Waals surface area contributed by atoms with Crippen molar-refractivity contribution in [3.63, 3.8) is 0 Å². The van der Waals surface area contributed by atoms with Crippen molar-refractivity contribution in [2.75, 3.05) is 32.7 Å². The molecule has 1 heterocycles. The average Bonchev–Trinajstić information content (AvgIpc) is 3.07. The quantitative estimate of drug-likeness (QED) is 0.555. The maximum absolute atomic E-state index is 4.67. The zero-order chi connectivity index (χ0) is 12.1. The molecule has 2 rings (SSSR count). The van der Waals surface area contributed by atoms with Crippen molar-refractivity contribution >= 4 is 5.96 Å². The number of nitrogens with one attached hydrogen (secondary N) is 2. The maximum atomic E-state index is 4.67. The summed E-state index contributed by atoms with van der Waals surface area (Å²) in [5.74, 6) is 1.74. The second kappa shape index (κ2) is 6.24. The first kappa shape index (κ1) is 12.7. The lowest BCUT2D eigenvalue weighted by molar-refractivity contribution is 0.315. The van der Waals surface area contributed by atoms with Crippen molar-refractivity contribution in [1.29, 1.82) is 0 Å². The van der Waals surface area contributed by atoms with Gasteiger partial charge in [0.15, 0.2) is 5.96 Å². The van der Waals surface area contributed by atoms with Crippen LogP contribution in [-0.4, -0.2) is 49.6 Å². The van der Waals surface area contributed by atoms with Gasteiger partial charge in [0.1, 0.15) is 0 Å². The van der Waals surface area contributed by atoms with E-state index in [2.05, 4.69) is 34.4 Å². The molecule has 0 bridgehead atoms. The van der Waals surface area contributed by atoms with E-state index in [9.17, 15) is 0 Å². The van der Waals surface area contributed by atoms with Crippen molar-refractivity contribution in [3.05, 3.63) is 0 Å². The Kier molecular flexibility index (Phi) is 4.66. The largest absolute Gasteiger partial charge is 0.357 e. The topological polar surface area (TPSA) is 39.7 Å². The van der Waals surface area contributed by atoms with Crippen LogP contribution in [0.25, 0.3) is 0 Å². The van der Waals surface area contributed by atoms with E-state index in [1.165, 1.54) is 32.4 Å². The summed E-state index contributed by atoms with van der Waals surface area (Å²) in [4.78, 5) is 7.32. The molecule has 1 aliphatic heterocycles. The first-order valence-electron chi connectivity index (χ1n) is 7.09. The minimum absolute atomic E-state index is 0.767. The SMILES string of the molecule is CCNC(=NCC1CCN(C2CC2)C1)NCC. The van der Waals surface area contributed by atoms with E-state index in [4.69, 9.17) is 0 Å². The summed E-state index contributed by atoms with van der Waals surface area (Å²) in [6, 6.07) is 0.922. The summed E-state index contributed by atoms with van der Waals surface area (Å²) in [5, 5.41) is 6.56. The minimum atomic E-state index is 0.767. The van der Waals surface area contributed by atoms with Gasteiger partial charge in [-0.1, -0.05) is 0 Å². The molecular weight excluding hydrogens is 212 g/mol. The fourth-order valence-corrected chi connectivity index (χ4v) is 2.51. The van der Waals surface area contributed by atoms with Gasteiger partial charge in [0.05, 0.1) is 0 Å². The Morgan fingerprint density at radius 1 is 1.18 bits per heavy atom. The molecule has 0 spiro atoms. The molecule has 1 saturated carbocycles. The maximum Gasteiger partial charge on any atom is 0.191 e. The highest BCUT2D eigenvalue weighted by atomic mass is 15.2. The molecule has 1 unspecified atom stereocenters. The lowest BCUT2D eigenvalue weighted by Crippen LogP contribution is -2.37. The van der Waals surface area contributed by atoms with E-state index in [1.807, 2.05) is 0 Å². The van der Waals surface area contributed by atoms with Crippen molar-refractivity contribution in [1.82, 2.24) is 15.5 Å². The Hall–Kier alpha value is -0.770. The third-order valence-electron chi connectivity index (χ3n) is 3.58. The molecule has 0 aromatic heterocycles. The summed E-state index contributed by atoms with van der Waals surface area (Å²) in [5.41, 5.74) is 0. The van der Waals surface area contributed by atoms with E-state index in [0.29, 0.717) is 0 Å². The van der Waals surface area contributed by atoms with Crippen LogP contribution in [0.4, 0.5) is 0 Å². The number of hydrogen-bond acceptors (Lipinski definition) is 2. The highest BCUT2D eigenvalue weighted by Gasteiger charge is 2.34. The van der Waals surface area contributed by atoms with E-state index in [1.54, 1.807) is 0 Å². The van der Waals surface area contributed by atoms with Crippen LogP contribution in [0, 0.1) is 5.92 Å². The molecule has 2 fully saturated rings. The predicted octanol–water partition coefficient (Wildman–Crippen LogP) is 1.05. The molecule has 1 atom stereocenters. The first-order chi connectivity index (χ1) is 8.33. The molecule has 0 aromatic rings. The van der Waals surface area contributed by atoms with Crippen molar-refractivity contribution < 1.29 is 0 Å². The van der Waals surface area contributed by atoms with Crippen molar-refractivity contribution in [2.24, 2.45) is 10.9 Å². The van der Waals surface area contributed by atoms with Crippen LogP contribution in [0.2, 0.25) is 0 Å². The molecule has 2 N–H and O–H groups in total. The van der Waals surface area contributed by atoms with E-state index in [0.717, 1.165) is 37.6 Å². The van der Waals surface area contributed by atoms with Gasteiger partial charge in [0, 0.05) is 32.2 Å². The Morgan fingerprint density at radius 2 is 1.88 bits per heavy atom. The summed E-state index contributed by atoms with van der Waals surface area (Å²) < 4.78 is 0. The van der Waals surface area contributed by atoms with Gasteiger partial charge in [0.2, 0.25) is 0 Å². The van der Waals surface area contributed by atoms with Crippen LogP contribution in [0.15, 0.2) is 4.99 Å². The molecule has 0 amide bonds. The van der Waals surface area contributed by atoms with E-state index in [-0.39, 0.29) is 0 Å². The molecule has 1 aliphatic carbocycles. The lowest BCUT2D eigenvalue weighted by Gasteiger charge is -2.14. The predicted molar refractivity (Wildman–Crippen MR) is 72.4 cm³/mol. The summed E-state index contributed by atoms with van der Waals surface area (Å²) in [6.07, 6.45) is 4.18. The van der Waals surface area contributed by atoms with Crippen LogP contribution in [-0.2, 0) is 0 Å². The average molecular weight is 238 g/mol. The normalized spacial score (nSPS) is 24.7. The van der Waals surface area contributed by atoms with Crippen LogP contribution in [0.1, 0.15) is 33.1 Å². The standard InChI is InChI=1S/C13H26N4/c1-3-14-13(15-4-2)16-9-11-7-8-17(10-11)12-5-6-12/h11-12H,3-10H2,1-2H3,(H2,14,15,16). The zero-order valence-corrected chi connectivity index (χ0v) is 11.2. The second-order valence-electron chi connectivity index (χ2n) is 5.13. The van der Waals surface area contributed by atoms with Crippen LogP contribution >= 0.6 is 0 Å². The summed E-state index contributed by atoms with van der Waals surface area (Å²) in [7, 11) is 0. The third-order valence-corrected chi connectivity index (χ3v) is 3.58. The van der Waals surface area contributed by atoms with E-state index < -0.39 is 0 Å². The number of rotatable bonds is 5. The van der Waals surface area contributed by atoms with E-state index >= 15 is 0 Å². The van der Waals surface area contributed by atoms with Crippen LogP contribution < -0.4 is 10.6 Å². The fourth-order valence-electron chi connectivity index (χ4n) is 2.51. The highest BCUT2D eigenvalue weighted by molar-refractivity contribution is 5.79. The van der Waals surface area contributed by atoms with Gasteiger partial charge in [-0.15, -0.1) is 0 Å². The number of hydrogen-bond donors (Lipinski definition) is 2. The zero-order valence-electron chi connectivity index (χ0n) is 11.2. The fraction of sp³-hybridized carbons (Fsp3) is 0.923. The first-order valence-corrected chi connectivity index (χ1v) is 7.09. The van der Waals surface area contributed by atoms with Gasteiger partial charge >= 0.3 is 0 Å². The Morgan fingerprint density at radius 3 is 2.47 bits per heavy atom. The van der Waals surface area contributed by atoms with Crippen molar-refractivity contribution in [2.45, 2.75) is 39.2 Å². The Balaban J connectivity index is 1.73. The molecule has 4 nitrogen and oxygen atoms in total. The monoisotopic (exact) mass is 238 g/mol.